The number of nitrogens with one attached hydrogen (secondary N) is 1. The maximum atomic E-state index is 6.14. The van der Waals surface area contributed by atoms with Gasteiger partial charge in [0.2, 0.25) is 5.89 Å². The summed E-state index contributed by atoms with van der Waals surface area (Å²) in [6.45, 7) is 0.656. The third-order valence-corrected chi connectivity index (χ3v) is 3.71. The molecular formula is C13H12Cl2N2O. The lowest BCUT2D eigenvalue weighted by molar-refractivity contribution is 0.477. The first-order valence-corrected chi connectivity index (χ1v) is 6.62. The highest BCUT2D eigenvalue weighted by atomic mass is 35.5. The summed E-state index contributed by atoms with van der Waals surface area (Å²) in [5.41, 5.74) is 0.773. The quantitative estimate of drug-likeness (QED) is 0.924. The fraction of sp³-hybridized carbons (Fsp3) is 0.308. The molecule has 5 heteroatoms. The van der Waals surface area contributed by atoms with Gasteiger partial charge in [0.15, 0.2) is 5.76 Å². The van der Waals surface area contributed by atoms with Crippen molar-refractivity contribution in [3.8, 4) is 11.3 Å². The SMILES string of the molecule is Clc1cccc(-c2cnc(CNC3CC3)o2)c1Cl. The Balaban J connectivity index is 1.80. The van der Waals surface area contributed by atoms with Crippen LogP contribution in [0.25, 0.3) is 11.3 Å². The molecule has 0 amide bonds. The number of hydrogen-bond acceptors (Lipinski definition) is 3. The molecule has 94 valence electrons. The van der Waals surface area contributed by atoms with Crippen LogP contribution in [0.1, 0.15) is 18.7 Å². The van der Waals surface area contributed by atoms with Crippen LogP contribution in [0.4, 0.5) is 0 Å². The molecule has 1 saturated carbocycles. The Morgan fingerprint density at radius 1 is 1.33 bits per heavy atom. The van der Waals surface area contributed by atoms with E-state index in [1.165, 1.54) is 12.8 Å². The molecule has 3 nitrogen and oxygen atoms in total. The molecule has 0 spiro atoms. The van der Waals surface area contributed by atoms with Crippen molar-refractivity contribution in [1.82, 2.24) is 10.3 Å². The molecule has 1 fully saturated rings. The van der Waals surface area contributed by atoms with Gasteiger partial charge >= 0.3 is 0 Å². The van der Waals surface area contributed by atoms with Crippen molar-refractivity contribution in [2.45, 2.75) is 25.4 Å². The van der Waals surface area contributed by atoms with E-state index >= 15 is 0 Å². The van der Waals surface area contributed by atoms with Crippen LogP contribution in [0.2, 0.25) is 10.0 Å². The van der Waals surface area contributed by atoms with Gasteiger partial charge < -0.3 is 9.73 Å². The number of halogens is 2. The van der Waals surface area contributed by atoms with Crippen molar-refractivity contribution in [2.75, 3.05) is 0 Å². The van der Waals surface area contributed by atoms with Crippen LogP contribution in [0.5, 0.6) is 0 Å². The Morgan fingerprint density at radius 2 is 2.17 bits per heavy atom. The summed E-state index contributed by atoms with van der Waals surface area (Å²) in [5.74, 6) is 1.32. The molecule has 0 aliphatic heterocycles. The zero-order chi connectivity index (χ0) is 12.5. The van der Waals surface area contributed by atoms with Crippen LogP contribution in [-0.4, -0.2) is 11.0 Å². The van der Waals surface area contributed by atoms with Crippen molar-refractivity contribution >= 4 is 23.2 Å². The van der Waals surface area contributed by atoms with E-state index in [2.05, 4.69) is 10.3 Å². The van der Waals surface area contributed by atoms with E-state index < -0.39 is 0 Å². The second kappa shape index (κ2) is 4.92. The Hall–Kier alpha value is -1.03. The Morgan fingerprint density at radius 3 is 2.94 bits per heavy atom. The Kier molecular flexibility index (Phi) is 3.29. The molecule has 1 heterocycles. The summed E-state index contributed by atoms with van der Waals surface area (Å²) in [6.07, 6.45) is 4.17. The molecule has 3 rings (SSSR count). The van der Waals surface area contributed by atoms with Crippen molar-refractivity contribution in [1.29, 1.82) is 0 Å². The topological polar surface area (TPSA) is 38.1 Å². The molecule has 0 atom stereocenters. The van der Waals surface area contributed by atoms with Crippen LogP contribution < -0.4 is 5.32 Å². The number of rotatable bonds is 4. The van der Waals surface area contributed by atoms with Crippen LogP contribution in [0.3, 0.4) is 0 Å². The minimum atomic E-state index is 0.497. The average Bonchev–Trinajstić information content (AvgIpc) is 3.08. The van der Waals surface area contributed by atoms with E-state index in [9.17, 15) is 0 Å². The monoisotopic (exact) mass is 282 g/mol. The summed E-state index contributed by atoms with van der Waals surface area (Å²) >= 11 is 12.1. The van der Waals surface area contributed by atoms with E-state index in [1.54, 1.807) is 12.3 Å². The predicted octanol–water partition coefficient (Wildman–Crippen LogP) is 3.90. The number of oxazole rings is 1. The van der Waals surface area contributed by atoms with Gasteiger partial charge in [-0.1, -0.05) is 29.3 Å². The molecule has 1 aliphatic carbocycles. The second-order valence-electron chi connectivity index (χ2n) is 4.37. The van der Waals surface area contributed by atoms with Crippen molar-refractivity contribution < 1.29 is 4.42 Å². The molecule has 0 unspecified atom stereocenters. The normalized spacial score (nSPS) is 15.0. The summed E-state index contributed by atoms with van der Waals surface area (Å²) in [7, 11) is 0. The number of benzene rings is 1. The average molecular weight is 283 g/mol. The van der Waals surface area contributed by atoms with E-state index in [1.807, 2.05) is 12.1 Å². The first-order chi connectivity index (χ1) is 8.74. The summed E-state index contributed by atoms with van der Waals surface area (Å²) in [5, 5.41) is 4.36. The zero-order valence-corrected chi connectivity index (χ0v) is 11.1. The van der Waals surface area contributed by atoms with Crippen molar-refractivity contribution in [2.24, 2.45) is 0 Å². The van der Waals surface area contributed by atoms with E-state index in [0.29, 0.717) is 34.3 Å². The molecule has 1 N–H and O–H groups in total. The van der Waals surface area contributed by atoms with Gasteiger partial charge in [0.05, 0.1) is 22.8 Å². The minimum absolute atomic E-state index is 0.497. The highest BCUT2D eigenvalue weighted by Crippen LogP contribution is 2.33. The lowest BCUT2D eigenvalue weighted by Crippen LogP contribution is -2.15. The Bertz CT molecular complexity index is 564. The van der Waals surface area contributed by atoms with E-state index in [-0.39, 0.29) is 0 Å². The molecule has 2 aromatic rings. The predicted molar refractivity (Wildman–Crippen MR) is 71.8 cm³/mol. The van der Waals surface area contributed by atoms with Gasteiger partial charge in [0.25, 0.3) is 0 Å². The summed E-state index contributed by atoms with van der Waals surface area (Å²) < 4.78 is 5.67. The molecular weight excluding hydrogens is 271 g/mol. The van der Waals surface area contributed by atoms with E-state index in [4.69, 9.17) is 27.6 Å². The highest BCUT2D eigenvalue weighted by molar-refractivity contribution is 6.43. The maximum absolute atomic E-state index is 6.14. The van der Waals surface area contributed by atoms with Gasteiger partial charge in [-0.25, -0.2) is 4.98 Å². The molecule has 0 bridgehead atoms. The van der Waals surface area contributed by atoms with Gasteiger partial charge in [-0.3, -0.25) is 0 Å². The molecule has 1 aliphatic rings. The third-order valence-electron chi connectivity index (χ3n) is 2.89. The van der Waals surface area contributed by atoms with E-state index in [0.717, 1.165) is 5.56 Å². The van der Waals surface area contributed by atoms with Crippen molar-refractivity contribution in [3.63, 3.8) is 0 Å². The second-order valence-corrected chi connectivity index (χ2v) is 5.16. The molecule has 1 aromatic carbocycles. The van der Waals surface area contributed by atoms with Crippen LogP contribution in [0.15, 0.2) is 28.8 Å². The Labute approximate surface area is 115 Å². The van der Waals surface area contributed by atoms with Crippen LogP contribution >= 0.6 is 23.2 Å². The number of aromatic nitrogens is 1. The van der Waals surface area contributed by atoms with Gasteiger partial charge in [0, 0.05) is 11.6 Å². The first-order valence-electron chi connectivity index (χ1n) is 5.86. The lowest BCUT2D eigenvalue weighted by Gasteiger charge is -2.01. The maximum Gasteiger partial charge on any atom is 0.208 e. The van der Waals surface area contributed by atoms with Gasteiger partial charge in [-0.2, -0.15) is 0 Å². The lowest BCUT2D eigenvalue weighted by atomic mass is 10.2. The fourth-order valence-electron chi connectivity index (χ4n) is 1.73. The number of hydrogen-bond donors (Lipinski definition) is 1. The minimum Gasteiger partial charge on any atom is -0.439 e. The van der Waals surface area contributed by atoms with Gasteiger partial charge in [0.1, 0.15) is 0 Å². The number of nitrogens with zero attached hydrogens (tertiary/aromatic N) is 1. The zero-order valence-electron chi connectivity index (χ0n) is 9.62. The van der Waals surface area contributed by atoms with Crippen LogP contribution in [0, 0.1) is 0 Å². The largest absolute Gasteiger partial charge is 0.439 e. The fourth-order valence-corrected chi connectivity index (χ4v) is 2.12. The summed E-state index contributed by atoms with van der Waals surface area (Å²) in [4.78, 5) is 4.23. The summed E-state index contributed by atoms with van der Waals surface area (Å²) in [6, 6.07) is 6.09. The molecule has 1 aromatic heterocycles. The van der Waals surface area contributed by atoms with Crippen LogP contribution in [-0.2, 0) is 6.54 Å². The highest BCUT2D eigenvalue weighted by Gasteiger charge is 2.21. The van der Waals surface area contributed by atoms with Gasteiger partial charge in [-0.05, 0) is 25.0 Å². The molecule has 18 heavy (non-hydrogen) atoms. The first kappa shape index (κ1) is 12.0. The van der Waals surface area contributed by atoms with Gasteiger partial charge in [-0.15, -0.1) is 0 Å². The standard InChI is InChI=1S/C13H12Cl2N2O/c14-10-3-1-2-9(13(10)15)11-6-17-12(18-11)7-16-8-4-5-8/h1-3,6,8,16H,4-5,7H2. The molecule has 0 radical (unpaired) electrons. The third kappa shape index (κ3) is 2.53. The molecule has 0 saturated heterocycles. The van der Waals surface area contributed by atoms with Crippen molar-refractivity contribution in [3.05, 3.63) is 40.3 Å². The smallest absolute Gasteiger partial charge is 0.208 e.